The lowest BCUT2D eigenvalue weighted by atomic mass is 9.86. The molecule has 0 bridgehead atoms. The standard InChI is InChI=1S/C31H28N2/c1-21-10-8-19-30-31(21)26-15-4-7-18-29(26)33(30)23-12-9-11-22(20-23)32-27-16-5-2-13-24(27)25-14-3-6-17-28(25)32/h2-7,9,11-18,20-21,24,27H,8,10,19H2,1H3. The number of nitrogens with zero attached hydrogens (tertiary/aromatic N) is 2. The van der Waals surface area contributed by atoms with Gasteiger partial charge in [0.05, 0.1) is 11.6 Å². The molecule has 0 saturated heterocycles. The number of aromatic nitrogens is 1. The predicted molar refractivity (Wildman–Crippen MR) is 138 cm³/mol. The van der Waals surface area contributed by atoms with E-state index in [2.05, 4.69) is 113 Å². The Morgan fingerprint density at radius 2 is 1.64 bits per heavy atom. The lowest BCUT2D eigenvalue weighted by Gasteiger charge is -2.29. The average molecular weight is 429 g/mol. The zero-order valence-corrected chi connectivity index (χ0v) is 19.0. The fraction of sp³-hybridized carbons (Fsp3) is 0.226. The molecule has 0 N–H and O–H groups in total. The summed E-state index contributed by atoms with van der Waals surface area (Å²) >= 11 is 0. The molecule has 1 aromatic heterocycles. The van der Waals surface area contributed by atoms with E-state index in [1.54, 1.807) is 5.56 Å². The van der Waals surface area contributed by atoms with E-state index in [0.717, 1.165) is 6.42 Å². The summed E-state index contributed by atoms with van der Waals surface area (Å²) in [6.45, 7) is 2.40. The molecule has 2 aliphatic carbocycles. The summed E-state index contributed by atoms with van der Waals surface area (Å²) in [7, 11) is 0. The molecule has 1 aliphatic heterocycles. The number of allylic oxidation sites excluding steroid dienone is 2. The second-order valence-electron chi connectivity index (χ2n) is 9.74. The van der Waals surface area contributed by atoms with Crippen molar-refractivity contribution in [3.8, 4) is 5.69 Å². The third-order valence-corrected chi connectivity index (χ3v) is 7.88. The van der Waals surface area contributed by atoms with Crippen molar-refractivity contribution < 1.29 is 0 Å². The van der Waals surface area contributed by atoms with Crippen molar-refractivity contribution in [2.45, 2.75) is 44.1 Å². The van der Waals surface area contributed by atoms with Crippen LogP contribution in [0.4, 0.5) is 11.4 Å². The summed E-state index contributed by atoms with van der Waals surface area (Å²) in [5.74, 6) is 1.03. The first-order valence-electron chi connectivity index (χ1n) is 12.3. The molecule has 3 unspecified atom stereocenters. The average Bonchev–Trinajstić information content (AvgIpc) is 3.38. The maximum atomic E-state index is 2.54. The summed E-state index contributed by atoms with van der Waals surface area (Å²) in [6, 6.07) is 27.4. The molecule has 162 valence electrons. The second-order valence-corrected chi connectivity index (χ2v) is 9.74. The van der Waals surface area contributed by atoms with Crippen LogP contribution in [0.3, 0.4) is 0 Å². The van der Waals surface area contributed by atoms with Crippen LogP contribution in [0.5, 0.6) is 0 Å². The lowest BCUT2D eigenvalue weighted by Crippen LogP contribution is -2.28. The molecule has 2 heterocycles. The molecule has 0 spiro atoms. The van der Waals surface area contributed by atoms with Gasteiger partial charge in [-0.3, -0.25) is 0 Å². The molecule has 0 saturated carbocycles. The van der Waals surface area contributed by atoms with Gasteiger partial charge in [-0.05, 0) is 66.6 Å². The maximum Gasteiger partial charge on any atom is 0.0629 e. The first-order valence-corrected chi connectivity index (χ1v) is 12.3. The highest BCUT2D eigenvalue weighted by Crippen LogP contribution is 2.48. The summed E-state index contributed by atoms with van der Waals surface area (Å²) in [4.78, 5) is 2.53. The van der Waals surface area contributed by atoms with Crippen molar-refractivity contribution in [3.05, 3.63) is 114 Å². The summed E-state index contributed by atoms with van der Waals surface area (Å²) in [6.07, 6.45) is 12.8. The van der Waals surface area contributed by atoms with E-state index in [-0.39, 0.29) is 0 Å². The number of fused-ring (bicyclic) bond motifs is 6. The van der Waals surface area contributed by atoms with E-state index >= 15 is 0 Å². The van der Waals surface area contributed by atoms with Gasteiger partial charge in [0.1, 0.15) is 0 Å². The highest BCUT2D eigenvalue weighted by atomic mass is 15.2. The lowest BCUT2D eigenvalue weighted by molar-refractivity contribution is 0.581. The molecule has 0 fully saturated rings. The Bertz CT molecular complexity index is 1440. The highest BCUT2D eigenvalue weighted by molar-refractivity contribution is 5.88. The van der Waals surface area contributed by atoms with Crippen molar-refractivity contribution in [1.82, 2.24) is 4.57 Å². The van der Waals surface area contributed by atoms with Crippen LogP contribution >= 0.6 is 0 Å². The van der Waals surface area contributed by atoms with Gasteiger partial charge in [0.2, 0.25) is 0 Å². The van der Waals surface area contributed by atoms with Crippen molar-refractivity contribution in [2.75, 3.05) is 4.90 Å². The molecule has 4 aromatic rings. The molecule has 33 heavy (non-hydrogen) atoms. The normalized spacial score (nSPS) is 22.9. The molecule has 0 amide bonds. The summed E-state index contributed by atoms with van der Waals surface area (Å²) < 4.78 is 2.54. The van der Waals surface area contributed by atoms with E-state index in [9.17, 15) is 0 Å². The van der Waals surface area contributed by atoms with E-state index in [1.807, 2.05) is 0 Å². The largest absolute Gasteiger partial charge is 0.333 e. The molecule has 3 aromatic carbocycles. The van der Waals surface area contributed by atoms with Gasteiger partial charge >= 0.3 is 0 Å². The SMILES string of the molecule is CC1CCCc2c1c1ccccc1n2-c1cccc(N2c3ccccc3C3C=CC=CC32)c1. The number of hydrogen-bond donors (Lipinski definition) is 0. The van der Waals surface area contributed by atoms with Crippen LogP contribution in [0.1, 0.15) is 48.4 Å². The van der Waals surface area contributed by atoms with Crippen LogP contribution < -0.4 is 4.90 Å². The van der Waals surface area contributed by atoms with Gasteiger partial charge in [-0.2, -0.15) is 0 Å². The Balaban J connectivity index is 1.42. The van der Waals surface area contributed by atoms with Crippen LogP contribution in [-0.2, 0) is 6.42 Å². The van der Waals surface area contributed by atoms with Crippen LogP contribution in [-0.4, -0.2) is 10.6 Å². The van der Waals surface area contributed by atoms with E-state index < -0.39 is 0 Å². The van der Waals surface area contributed by atoms with Gasteiger partial charge < -0.3 is 9.47 Å². The van der Waals surface area contributed by atoms with Gasteiger partial charge in [0, 0.05) is 34.1 Å². The van der Waals surface area contributed by atoms with Gasteiger partial charge in [0.25, 0.3) is 0 Å². The van der Waals surface area contributed by atoms with Crippen molar-refractivity contribution in [3.63, 3.8) is 0 Å². The Hall–Kier alpha value is -3.52. The van der Waals surface area contributed by atoms with Gasteiger partial charge in [-0.25, -0.2) is 0 Å². The van der Waals surface area contributed by atoms with E-state index in [0.29, 0.717) is 17.9 Å². The van der Waals surface area contributed by atoms with Crippen LogP contribution in [0.25, 0.3) is 16.6 Å². The quantitative estimate of drug-likeness (QED) is 0.316. The van der Waals surface area contributed by atoms with E-state index in [1.165, 1.54) is 52.1 Å². The first-order chi connectivity index (χ1) is 16.3. The molecule has 0 radical (unpaired) electrons. The first kappa shape index (κ1) is 19.0. The molecule has 2 nitrogen and oxygen atoms in total. The van der Waals surface area contributed by atoms with Gasteiger partial charge in [-0.15, -0.1) is 0 Å². The zero-order chi connectivity index (χ0) is 21.9. The fourth-order valence-corrected chi connectivity index (χ4v) is 6.50. The number of hydrogen-bond acceptors (Lipinski definition) is 1. The van der Waals surface area contributed by atoms with Crippen LogP contribution in [0, 0.1) is 0 Å². The minimum absolute atomic E-state index is 0.331. The highest BCUT2D eigenvalue weighted by Gasteiger charge is 2.37. The fourth-order valence-electron chi connectivity index (χ4n) is 6.50. The Labute approximate surface area is 195 Å². The molecular formula is C31H28N2. The topological polar surface area (TPSA) is 8.17 Å². The Morgan fingerprint density at radius 1 is 0.818 bits per heavy atom. The van der Waals surface area contributed by atoms with Crippen LogP contribution in [0.15, 0.2) is 97.1 Å². The third kappa shape index (κ3) is 2.73. The molecule has 7 rings (SSSR count). The van der Waals surface area contributed by atoms with Crippen LogP contribution in [0.2, 0.25) is 0 Å². The van der Waals surface area contributed by atoms with Crippen molar-refractivity contribution in [2.24, 2.45) is 0 Å². The van der Waals surface area contributed by atoms with E-state index in [4.69, 9.17) is 0 Å². The second kappa shape index (κ2) is 7.25. The summed E-state index contributed by atoms with van der Waals surface area (Å²) in [5, 5.41) is 1.43. The molecular weight excluding hydrogens is 400 g/mol. The van der Waals surface area contributed by atoms with Gasteiger partial charge in [0.15, 0.2) is 0 Å². The smallest absolute Gasteiger partial charge is 0.0629 e. The minimum Gasteiger partial charge on any atom is -0.333 e. The number of para-hydroxylation sites is 2. The summed E-state index contributed by atoms with van der Waals surface area (Å²) in [5.41, 5.74) is 9.70. The number of benzene rings is 3. The third-order valence-electron chi connectivity index (χ3n) is 7.88. The monoisotopic (exact) mass is 428 g/mol. The Morgan fingerprint density at radius 3 is 2.61 bits per heavy atom. The predicted octanol–water partition coefficient (Wildman–Crippen LogP) is 7.80. The number of anilines is 2. The van der Waals surface area contributed by atoms with Gasteiger partial charge in [-0.1, -0.05) is 73.7 Å². The van der Waals surface area contributed by atoms with Crippen molar-refractivity contribution in [1.29, 1.82) is 0 Å². The minimum atomic E-state index is 0.331. The molecule has 3 aliphatic rings. The molecule has 3 atom stereocenters. The molecule has 2 heteroatoms. The zero-order valence-electron chi connectivity index (χ0n) is 19.0. The van der Waals surface area contributed by atoms with Crippen molar-refractivity contribution >= 4 is 22.3 Å². The maximum absolute atomic E-state index is 2.54. The number of rotatable bonds is 2. The Kier molecular flexibility index (Phi) is 4.17.